The van der Waals surface area contributed by atoms with Crippen LogP contribution in [0.2, 0.25) is 0 Å². The van der Waals surface area contributed by atoms with Crippen LogP contribution in [0, 0.1) is 5.92 Å². The molecule has 2 heterocycles. The smallest absolute Gasteiger partial charge is 0.233 e. The molecule has 1 saturated heterocycles. The summed E-state index contributed by atoms with van der Waals surface area (Å²) in [6, 6.07) is 9.94. The number of nitrogens with zero attached hydrogens (tertiary/aromatic N) is 3. The molecule has 1 aliphatic heterocycles. The molecule has 152 valence electrons. The van der Waals surface area contributed by atoms with Crippen LogP contribution in [0.5, 0.6) is 0 Å². The van der Waals surface area contributed by atoms with Crippen LogP contribution in [-0.2, 0) is 20.8 Å². The lowest BCUT2D eigenvalue weighted by molar-refractivity contribution is -0.135. The summed E-state index contributed by atoms with van der Waals surface area (Å²) >= 11 is 0. The maximum Gasteiger partial charge on any atom is 0.233 e. The van der Waals surface area contributed by atoms with Crippen LogP contribution in [0.25, 0.3) is 11.3 Å². The second-order valence-electron chi connectivity index (χ2n) is 7.19. The zero-order valence-corrected chi connectivity index (χ0v) is 16.9. The number of aromatic nitrogens is 1. The van der Waals surface area contributed by atoms with Crippen molar-refractivity contribution in [1.82, 2.24) is 10.1 Å². The third-order valence-corrected chi connectivity index (χ3v) is 4.83. The third kappa shape index (κ3) is 4.72. The average Bonchev–Trinajstić information content (AvgIpc) is 3.15. The minimum atomic E-state index is -0.0938. The summed E-state index contributed by atoms with van der Waals surface area (Å²) < 4.78 is 16.5. The van der Waals surface area contributed by atoms with E-state index in [1.54, 1.807) is 7.11 Å². The number of rotatable bonds is 8. The van der Waals surface area contributed by atoms with Crippen molar-refractivity contribution in [3.8, 4) is 11.3 Å². The van der Waals surface area contributed by atoms with Gasteiger partial charge < -0.3 is 23.8 Å². The second-order valence-corrected chi connectivity index (χ2v) is 7.19. The lowest BCUT2D eigenvalue weighted by atomic mass is 10.1. The summed E-state index contributed by atoms with van der Waals surface area (Å²) in [4.78, 5) is 16.8. The van der Waals surface area contributed by atoms with E-state index < -0.39 is 0 Å². The third-order valence-electron chi connectivity index (χ3n) is 4.83. The van der Waals surface area contributed by atoms with Crippen molar-refractivity contribution in [3.05, 3.63) is 35.9 Å². The first-order valence-corrected chi connectivity index (χ1v) is 9.76. The Morgan fingerprint density at radius 3 is 2.61 bits per heavy atom. The van der Waals surface area contributed by atoms with Crippen LogP contribution < -0.4 is 4.90 Å². The number of carbonyl (C=O) groups is 1. The zero-order valence-electron chi connectivity index (χ0n) is 16.9. The van der Waals surface area contributed by atoms with Gasteiger partial charge in [-0.3, -0.25) is 4.79 Å². The molecule has 1 aliphatic rings. The van der Waals surface area contributed by atoms with Crippen molar-refractivity contribution in [2.75, 3.05) is 51.5 Å². The van der Waals surface area contributed by atoms with Gasteiger partial charge in [-0.05, 0) is 0 Å². The Bertz CT molecular complexity index is 754. The van der Waals surface area contributed by atoms with Crippen LogP contribution >= 0.6 is 0 Å². The molecule has 0 bridgehead atoms. The minimum Gasteiger partial charge on any atom is -0.383 e. The predicted molar refractivity (Wildman–Crippen MR) is 107 cm³/mol. The molecule has 0 aliphatic carbocycles. The summed E-state index contributed by atoms with van der Waals surface area (Å²) in [5.41, 5.74) is 2.68. The van der Waals surface area contributed by atoms with E-state index in [9.17, 15) is 4.79 Å². The molecule has 1 aromatic heterocycles. The Kier molecular flexibility index (Phi) is 7.06. The van der Waals surface area contributed by atoms with Gasteiger partial charge in [-0.2, -0.15) is 0 Å². The monoisotopic (exact) mass is 387 g/mol. The van der Waals surface area contributed by atoms with Gasteiger partial charge >= 0.3 is 0 Å². The highest BCUT2D eigenvalue weighted by Crippen LogP contribution is 2.33. The van der Waals surface area contributed by atoms with Gasteiger partial charge in [-0.15, -0.1) is 0 Å². The predicted octanol–water partition coefficient (Wildman–Crippen LogP) is 2.81. The van der Waals surface area contributed by atoms with Crippen molar-refractivity contribution in [1.29, 1.82) is 0 Å². The van der Waals surface area contributed by atoms with Gasteiger partial charge in [0.25, 0.3) is 0 Å². The number of carbonyl (C=O) groups excluding carboxylic acids is 1. The fraction of sp³-hybridized carbons (Fsp3) is 0.524. The highest BCUT2D eigenvalue weighted by molar-refractivity contribution is 5.79. The number of hydrogen-bond donors (Lipinski definition) is 0. The van der Waals surface area contributed by atoms with Crippen LogP contribution in [0.3, 0.4) is 0 Å². The van der Waals surface area contributed by atoms with Gasteiger partial charge in [0.15, 0.2) is 0 Å². The molecule has 0 radical (unpaired) electrons. The van der Waals surface area contributed by atoms with E-state index in [-0.39, 0.29) is 11.8 Å². The summed E-state index contributed by atoms with van der Waals surface area (Å²) in [7, 11) is 1.64. The fourth-order valence-electron chi connectivity index (χ4n) is 3.31. The van der Waals surface area contributed by atoms with E-state index in [1.807, 2.05) is 49.1 Å². The molecule has 0 spiro atoms. The Labute approximate surface area is 166 Å². The van der Waals surface area contributed by atoms with E-state index in [0.29, 0.717) is 32.9 Å². The fourth-order valence-corrected chi connectivity index (χ4v) is 3.31. The average molecular weight is 387 g/mol. The molecular formula is C21H29N3O4. The first-order valence-electron chi connectivity index (χ1n) is 9.76. The van der Waals surface area contributed by atoms with Crippen LogP contribution in [0.15, 0.2) is 34.9 Å². The van der Waals surface area contributed by atoms with Crippen molar-refractivity contribution in [2.24, 2.45) is 5.92 Å². The molecule has 2 aromatic rings. The van der Waals surface area contributed by atoms with E-state index in [4.69, 9.17) is 14.0 Å². The minimum absolute atomic E-state index is 0.0881. The molecule has 7 heteroatoms. The number of benzene rings is 1. The normalized spacial score (nSPS) is 14.5. The van der Waals surface area contributed by atoms with Gasteiger partial charge in [-0.1, -0.05) is 49.3 Å². The maximum atomic E-state index is 12.8. The molecule has 1 fully saturated rings. The Balaban J connectivity index is 1.97. The quantitative estimate of drug-likeness (QED) is 0.694. The highest BCUT2D eigenvalue weighted by atomic mass is 16.5. The van der Waals surface area contributed by atoms with Crippen LogP contribution in [0.4, 0.5) is 5.88 Å². The molecular weight excluding hydrogens is 358 g/mol. The largest absolute Gasteiger partial charge is 0.383 e. The van der Waals surface area contributed by atoms with Crippen molar-refractivity contribution in [3.63, 3.8) is 0 Å². The summed E-state index contributed by atoms with van der Waals surface area (Å²) in [5, 5.41) is 4.37. The van der Waals surface area contributed by atoms with Gasteiger partial charge in [0, 0.05) is 38.2 Å². The molecule has 0 unspecified atom stereocenters. The summed E-state index contributed by atoms with van der Waals surface area (Å²) in [5.74, 6) is 0.718. The van der Waals surface area contributed by atoms with E-state index in [0.717, 1.165) is 35.8 Å². The van der Waals surface area contributed by atoms with Gasteiger partial charge in [0.2, 0.25) is 11.8 Å². The molecule has 0 saturated carbocycles. The van der Waals surface area contributed by atoms with Crippen molar-refractivity contribution < 1.29 is 18.8 Å². The van der Waals surface area contributed by atoms with Crippen molar-refractivity contribution in [2.45, 2.75) is 20.4 Å². The standard InChI is InChI=1S/C21H29N3O4/c1-16(2)20(25)24(9-12-26-3)15-18-19(17-7-5-4-6-8-17)22-28-21(18)23-10-13-27-14-11-23/h4-8,16H,9-15H2,1-3H3. The molecule has 1 aromatic carbocycles. The molecule has 0 atom stereocenters. The number of anilines is 1. The molecule has 0 N–H and O–H groups in total. The number of morpholine rings is 1. The van der Waals surface area contributed by atoms with Crippen molar-refractivity contribution >= 4 is 11.8 Å². The number of hydrogen-bond acceptors (Lipinski definition) is 6. The SMILES string of the molecule is COCCN(Cc1c(-c2ccccc2)noc1N1CCOCC1)C(=O)C(C)C. The van der Waals surface area contributed by atoms with Gasteiger partial charge in [0.05, 0.1) is 31.9 Å². The zero-order chi connectivity index (χ0) is 19.9. The van der Waals surface area contributed by atoms with E-state index in [2.05, 4.69) is 10.1 Å². The Morgan fingerprint density at radius 1 is 1.25 bits per heavy atom. The lowest BCUT2D eigenvalue weighted by Gasteiger charge is -2.29. The lowest BCUT2D eigenvalue weighted by Crippen LogP contribution is -2.39. The van der Waals surface area contributed by atoms with Crippen LogP contribution in [-0.4, -0.2) is 62.5 Å². The van der Waals surface area contributed by atoms with Gasteiger partial charge in [0.1, 0.15) is 5.69 Å². The van der Waals surface area contributed by atoms with Gasteiger partial charge in [-0.25, -0.2) is 0 Å². The maximum absolute atomic E-state index is 12.8. The summed E-state index contributed by atoms with van der Waals surface area (Å²) in [6.07, 6.45) is 0. The first-order chi connectivity index (χ1) is 13.6. The number of amides is 1. The van der Waals surface area contributed by atoms with E-state index >= 15 is 0 Å². The number of ether oxygens (including phenoxy) is 2. The molecule has 3 rings (SSSR count). The van der Waals surface area contributed by atoms with E-state index in [1.165, 1.54) is 0 Å². The van der Waals surface area contributed by atoms with Crippen LogP contribution in [0.1, 0.15) is 19.4 Å². The number of methoxy groups -OCH3 is 1. The molecule has 28 heavy (non-hydrogen) atoms. The topological polar surface area (TPSA) is 68.0 Å². The Hall–Kier alpha value is -2.38. The molecule has 7 nitrogen and oxygen atoms in total. The first kappa shape index (κ1) is 20.4. The highest BCUT2D eigenvalue weighted by Gasteiger charge is 2.27. The second kappa shape index (κ2) is 9.71. The molecule has 1 amide bonds. The summed E-state index contributed by atoms with van der Waals surface area (Å²) in [6.45, 7) is 8.05. The Morgan fingerprint density at radius 2 is 1.96 bits per heavy atom.